The minimum Gasteiger partial charge on any atom is -0.473 e. The number of hydrogen-bond acceptors (Lipinski definition) is 7. The van der Waals surface area contributed by atoms with Crippen LogP contribution < -0.4 is 5.73 Å². The number of alkyl halides is 3. The first-order valence-electron chi connectivity index (χ1n) is 7.47. The average Bonchev–Trinajstić information content (AvgIpc) is 2.58. The number of esters is 1. The van der Waals surface area contributed by atoms with Gasteiger partial charge in [0.1, 0.15) is 17.7 Å². The van der Waals surface area contributed by atoms with E-state index in [2.05, 4.69) is 4.74 Å². The van der Waals surface area contributed by atoms with Crippen molar-refractivity contribution in [3.05, 3.63) is 34.9 Å². The molecule has 1 aromatic rings. The third-order valence-corrected chi connectivity index (χ3v) is 4.19. The molecule has 0 amide bonds. The van der Waals surface area contributed by atoms with E-state index in [1.807, 2.05) is 0 Å². The van der Waals surface area contributed by atoms with Gasteiger partial charge in [-0.05, 0) is 17.7 Å². The second-order valence-corrected chi connectivity index (χ2v) is 5.99. The van der Waals surface area contributed by atoms with E-state index >= 15 is 0 Å². The molecular weight excluding hydrogens is 373 g/mol. The topological polar surface area (TPSA) is 151 Å². The molecule has 1 aliphatic rings. The first kappa shape index (κ1) is 20.3. The molecule has 0 bridgehead atoms. The largest absolute Gasteiger partial charge is 0.473 e. The maximum atomic E-state index is 12.9. The van der Waals surface area contributed by atoms with Crippen LogP contribution in [0.1, 0.15) is 29.5 Å². The Kier molecular flexibility index (Phi) is 5.26. The molecule has 2 rings (SSSR count). The van der Waals surface area contributed by atoms with Gasteiger partial charge >= 0.3 is 18.1 Å². The van der Waals surface area contributed by atoms with Crippen molar-refractivity contribution in [2.75, 3.05) is 0 Å². The molecule has 0 heterocycles. The van der Waals surface area contributed by atoms with Crippen LogP contribution in [0.4, 0.5) is 13.2 Å². The highest BCUT2D eigenvalue weighted by molar-refractivity contribution is 6.28. The number of Topliss-reactive ketones (excluding diaryl/α,β-unsaturated/α-hetero) is 1. The van der Waals surface area contributed by atoms with E-state index in [-0.39, 0.29) is 5.56 Å². The lowest BCUT2D eigenvalue weighted by atomic mass is 9.73. The van der Waals surface area contributed by atoms with E-state index in [1.165, 1.54) is 6.07 Å². The van der Waals surface area contributed by atoms with Crippen LogP contribution in [0.5, 0.6) is 0 Å². The number of carbonyl (C=O) groups is 3. The number of carboxylic acids is 1. The molecule has 0 aromatic heterocycles. The lowest BCUT2D eigenvalue weighted by molar-refractivity contribution is -0.171. The van der Waals surface area contributed by atoms with Crippen LogP contribution in [-0.2, 0) is 30.8 Å². The van der Waals surface area contributed by atoms with Crippen LogP contribution in [0.15, 0.2) is 18.2 Å². The van der Waals surface area contributed by atoms with Crippen LogP contribution in [0.3, 0.4) is 0 Å². The molecule has 1 aromatic carbocycles. The standard InChI is InChI=1S/C16H13F3N2O6/c17-16(18,19)10-2-1-8(3-7(10)6-20)15(21)5-9(4-11(22)12(15)23)27-14(26)13(24)25/h1-3,9,11,22H,4-5,21H2,(H,24,25). The predicted octanol–water partition coefficient (Wildman–Crippen LogP) is 0.451. The third kappa shape index (κ3) is 3.91. The summed E-state index contributed by atoms with van der Waals surface area (Å²) in [6.45, 7) is 0. The molecule has 8 nitrogen and oxygen atoms in total. The van der Waals surface area contributed by atoms with Crippen molar-refractivity contribution in [2.24, 2.45) is 5.73 Å². The fourth-order valence-corrected chi connectivity index (χ4v) is 2.91. The number of benzene rings is 1. The second-order valence-electron chi connectivity index (χ2n) is 5.99. The van der Waals surface area contributed by atoms with Crippen molar-refractivity contribution < 1.29 is 42.5 Å². The highest BCUT2D eigenvalue weighted by Crippen LogP contribution is 2.37. The molecular formula is C16H13F3N2O6. The summed E-state index contributed by atoms with van der Waals surface area (Å²) in [5, 5.41) is 27.4. The Morgan fingerprint density at radius 2 is 2.00 bits per heavy atom. The van der Waals surface area contributed by atoms with Crippen LogP contribution in [0, 0.1) is 11.3 Å². The molecule has 27 heavy (non-hydrogen) atoms. The van der Waals surface area contributed by atoms with Crippen LogP contribution in [0.2, 0.25) is 0 Å². The summed E-state index contributed by atoms with van der Waals surface area (Å²) in [5.74, 6) is -4.48. The molecule has 0 spiro atoms. The highest BCUT2D eigenvalue weighted by atomic mass is 19.4. The van der Waals surface area contributed by atoms with Gasteiger partial charge in [0.2, 0.25) is 0 Å². The number of nitrogens with two attached hydrogens (primary N) is 1. The number of carbonyl (C=O) groups excluding carboxylic acids is 2. The third-order valence-electron chi connectivity index (χ3n) is 4.19. The van der Waals surface area contributed by atoms with Crippen molar-refractivity contribution in [3.63, 3.8) is 0 Å². The number of ether oxygens (including phenoxy) is 1. The molecule has 3 unspecified atom stereocenters. The SMILES string of the molecule is N#Cc1cc(C2(N)CC(OC(=O)C(=O)O)CC(O)C2=O)ccc1C(F)(F)F. The first-order chi connectivity index (χ1) is 12.4. The number of aliphatic hydroxyl groups excluding tert-OH is 1. The summed E-state index contributed by atoms with van der Waals surface area (Å²) in [6.07, 6.45) is -8.69. The van der Waals surface area contributed by atoms with Crippen molar-refractivity contribution >= 4 is 17.7 Å². The Balaban J connectivity index is 2.44. The highest BCUT2D eigenvalue weighted by Gasteiger charge is 2.48. The lowest BCUT2D eigenvalue weighted by Crippen LogP contribution is -2.57. The Morgan fingerprint density at radius 3 is 2.52 bits per heavy atom. The smallest absolute Gasteiger partial charge is 0.417 e. The lowest BCUT2D eigenvalue weighted by Gasteiger charge is -2.38. The second kappa shape index (κ2) is 6.98. The van der Waals surface area contributed by atoms with Gasteiger partial charge in [0.15, 0.2) is 5.78 Å². The number of ketones is 1. The van der Waals surface area contributed by atoms with Crippen molar-refractivity contribution in [1.82, 2.24) is 0 Å². The Hall–Kier alpha value is -2.97. The molecule has 1 saturated carbocycles. The quantitative estimate of drug-likeness (QED) is 0.490. The van der Waals surface area contributed by atoms with Gasteiger partial charge in [0.25, 0.3) is 0 Å². The molecule has 0 aliphatic heterocycles. The van der Waals surface area contributed by atoms with Gasteiger partial charge in [-0.1, -0.05) is 6.07 Å². The number of aliphatic carboxylic acids is 1. The van der Waals surface area contributed by atoms with Gasteiger partial charge in [-0.2, -0.15) is 18.4 Å². The van der Waals surface area contributed by atoms with E-state index in [0.717, 1.165) is 12.1 Å². The summed E-state index contributed by atoms with van der Waals surface area (Å²) < 4.78 is 43.4. The number of rotatable bonds is 2. The number of nitrogens with zero attached hydrogens (tertiary/aromatic N) is 1. The van der Waals surface area contributed by atoms with Gasteiger partial charge in [0, 0.05) is 12.8 Å². The number of nitriles is 1. The number of aliphatic hydroxyl groups is 1. The first-order valence-corrected chi connectivity index (χ1v) is 7.47. The summed E-state index contributed by atoms with van der Waals surface area (Å²) in [5.41, 5.74) is 1.72. The van der Waals surface area contributed by atoms with Crippen LogP contribution >= 0.6 is 0 Å². The van der Waals surface area contributed by atoms with E-state index in [9.17, 15) is 32.7 Å². The van der Waals surface area contributed by atoms with Crippen molar-refractivity contribution in [3.8, 4) is 6.07 Å². The Morgan fingerprint density at radius 1 is 1.37 bits per heavy atom. The Bertz CT molecular complexity index is 848. The molecule has 3 atom stereocenters. The van der Waals surface area contributed by atoms with E-state index in [0.29, 0.717) is 6.07 Å². The molecule has 144 valence electrons. The van der Waals surface area contributed by atoms with Gasteiger partial charge in [0.05, 0.1) is 17.2 Å². The normalized spacial score (nSPS) is 25.6. The zero-order valence-electron chi connectivity index (χ0n) is 13.5. The summed E-state index contributed by atoms with van der Waals surface area (Å²) >= 11 is 0. The summed E-state index contributed by atoms with van der Waals surface area (Å²) in [7, 11) is 0. The predicted molar refractivity (Wildman–Crippen MR) is 79.8 cm³/mol. The number of carboxylic acid groups (broad SMARTS) is 1. The molecule has 1 fully saturated rings. The van der Waals surface area contributed by atoms with Gasteiger partial charge in [-0.3, -0.25) is 4.79 Å². The van der Waals surface area contributed by atoms with Crippen LogP contribution in [0.25, 0.3) is 0 Å². The summed E-state index contributed by atoms with van der Waals surface area (Å²) in [4.78, 5) is 34.1. The number of halogens is 3. The Labute approximate surface area is 149 Å². The molecule has 0 radical (unpaired) electrons. The van der Waals surface area contributed by atoms with Crippen molar-refractivity contribution in [1.29, 1.82) is 5.26 Å². The fraction of sp³-hybridized carbons (Fsp3) is 0.375. The van der Waals surface area contributed by atoms with E-state index < -0.39 is 65.6 Å². The maximum absolute atomic E-state index is 12.9. The summed E-state index contributed by atoms with van der Waals surface area (Å²) in [6, 6.07) is 3.61. The van der Waals surface area contributed by atoms with E-state index in [1.54, 1.807) is 0 Å². The van der Waals surface area contributed by atoms with Crippen LogP contribution in [-0.4, -0.2) is 40.1 Å². The molecule has 1 aliphatic carbocycles. The zero-order chi connectivity index (χ0) is 20.6. The minimum atomic E-state index is -4.80. The monoisotopic (exact) mass is 386 g/mol. The number of hydrogen-bond donors (Lipinski definition) is 3. The zero-order valence-corrected chi connectivity index (χ0v) is 13.5. The minimum absolute atomic E-state index is 0.202. The van der Waals surface area contributed by atoms with Crippen molar-refractivity contribution in [2.45, 2.75) is 36.8 Å². The molecule has 4 N–H and O–H groups in total. The molecule has 11 heteroatoms. The van der Waals surface area contributed by atoms with Gasteiger partial charge < -0.3 is 20.7 Å². The van der Waals surface area contributed by atoms with Gasteiger partial charge in [-0.15, -0.1) is 0 Å². The maximum Gasteiger partial charge on any atom is 0.417 e. The fourth-order valence-electron chi connectivity index (χ4n) is 2.91. The van der Waals surface area contributed by atoms with E-state index in [4.69, 9.17) is 16.1 Å². The average molecular weight is 386 g/mol. The molecule has 0 saturated heterocycles. The van der Waals surface area contributed by atoms with Gasteiger partial charge in [-0.25, -0.2) is 9.59 Å².